The second-order valence-electron chi connectivity index (χ2n) is 7.40. The number of hydrogen-bond donors (Lipinski definition) is 1. The van der Waals surface area contributed by atoms with Crippen molar-refractivity contribution in [3.63, 3.8) is 0 Å². The maximum atomic E-state index is 13.5. The lowest BCUT2D eigenvalue weighted by Gasteiger charge is -2.26. The number of hydrogen-bond acceptors (Lipinski definition) is 8. The number of fused-ring (bicyclic) bond motifs is 1. The molecule has 0 spiro atoms. The molecule has 0 atom stereocenters. The van der Waals surface area contributed by atoms with Crippen LogP contribution in [0.3, 0.4) is 0 Å². The van der Waals surface area contributed by atoms with Gasteiger partial charge in [-0.2, -0.15) is 17.5 Å². The number of anilines is 2. The van der Waals surface area contributed by atoms with Gasteiger partial charge in [-0.15, -0.1) is 0 Å². The van der Waals surface area contributed by atoms with Gasteiger partial charge < -0.3 is 19.5 Å². The van der Waals surface area contributed by atoms with Crippen LogP contribution in [0.5, 0.6) is 11.5 Å². The van der Waals surface area contributed by atoms with Crippen LogP contribution in [0.2, 0.25) is 5.02 Å². The molecule has 0 aliphatic carbocycles. The maximum Gasteiger partial charge on any atom is 0.451 e. The first kappa shape index (κ1) is 25.2. The zero-order valence-corrected chi connectivity index (χ0v) is 20.1. The molecule has 0 radical (unpaired) electrons. The average Bonchev–Trinajstić information content (AvgIpc) is 2.84. The Kier molecular flexibility index (Phi) is 6.95. The zero-order chi connectivity index (χ0) is 25.4. The Bertz CT molecular complexity index is 1370. The minimum atomic E-state index is -4.84. The smallest absolute Gasteiger partial charge is 0.451 e. The van der Waals surface area contributed by atoms with Crippen molar-refractivity contribution in [2.75, 3.05) is 45.8 Å². The predicted molar refractivity (Wildman–Crippen MR) is 122 cm³/mol. The number of ether oxygens (including phenoxy) is 3. The topological polar surface area (TPSA) is 103 Å². The lowest BCUT2D eigenvalue weighted by atomic mass is 10.2. The molecule has 0 amide bonds. The van der Waals surface area contributed by atoms with E-state index >= 15 is 0 Å². The Morgan fingerprint density at radius 1 is 1.06 bits per heavy atom. The van der Waals surface area contributed by atoms with E-state index < -0.39 is 22.0 Å². The van der Waals surface area contributed by atoms with Gasteiger partial charge in [0, 0.05) is 24.5 Å². The summed E-state index contributed by atoms with van der Waals surface area (Å²) in [7, 11) is -1.17. The molecule has 3 aromatic rings. The maximum absolute atomic E-state index is 13.5. The number of nitrogens with zero attached hydrogens (tertiary/aromatic N) is 3. The summed E-state index contributed by atoms with van der Waals surface area (Å²) in [6, 6.07) is 6.62. The van der Waals surface area contributed by atoms with Crippen LogP contribution in [0.15, 0.2) is 35.2 Å². The van der Waals surface area contributed by atoms with Crippen molar-refractivity contribution in [1.29, 1.82) is 0 Å². The number of rotatable bonds is 6. The molecule has 35 heavy (non-hydrogen) atoms. The quantitative estimate of drug-likeness (QED) is 0.506. The molecule has 188 valence electrons. The minimum absolute atomic E-state index is 0.0453. The van der Waals surface area contributed by atoms with Crippen molar-refractivity contribution in [3.8, 4) is 11.5 Å². The summed E-state index contributed by atoms with van der Waals surface area (Å²) in [4.78, 5) is 7.17. The highest BCUT2D eigenvalue weighted by atomic mass is 35.5. The Balaban J connectivity index is 1.83. The summed E-state index contributed by atoms with van der Waals surface area (Å²) >= 11 is 6.27. The first-order valence-corrected chi connectivity index (χ1v) is 12.0. The third kappa shape index (κ3) is 5.08. The standard InChI is InChI=1S/C21H20ClF3N4O5S/c1-32-17-10-13-15(11-18(17)33-2)27-20(21(23,24)25)28-19(13)26-16-9-12(3-4-14(16)22)35(30,31)29-5-7-34-8-6-29/h3-4,9-11H,5-8H2,1-2H3,(H,26,27,28). The Hall–Kier alpha value is -2.87. The Morgan fingerprint density at radius 2 is 1.71 bits per heavy atom. The summed E-state index contributed by atoms with van der Waals surface area (Å²) in [5, 5.41) is 2.99. The molecule has 2 aromatic carbocycles. The van der Waals surface area contributed by atoms with Crippen LogP contribution >= 0.6 is 11.6 Å². The van der Waals surface area contributed by atoms with E-state index in [1.807, 2.05) is 0 Å². The number of aromatic nitrogens is 2. The Labute approximate surface area is 203 Å². The molecule has 0 unspecified atom stereocenters. The van der Waals surface area contributed by atoms with E-state index in [1.165, 1.54) is 48.9 Å². The van der Waals surface area contributed by atoms with Gasteiger partial charge in [0.2, 0.25) is 15.8 Å². The van der Waals surface area contributed by atoms with Gasteiger partial charge in [-0.1, -0.05) is 11.6 Å². The van der Waals surface area contributed by atoms with Gasteiger partial charge in [-0.25, -0.2) is 18.4 Å². The Morgan fingerprint density at radius 3 is 2.34 bits per heavy atom. The molecule has 2 heterocycles. The first-order chi connectivity index (χ1) is 16.5. The van der Waals surface area contributed by atoms with E-state index in [-0.39, 0.29) is 70.1 Å². The molecule has 9 nitrogen and oxygen atoms in total. The van der Waals surface area contributed by atoms with Gasteiger partial charge in [0.25, 0.3) is 0 Å². The molecule has 0 bridgehead atoms. The van der Waals surface area contributed by atoms with Crippen LogP contribution in [-0.4, -0.2) is 63.2 Å². The lowest BCUT2D eigenvalue weighted by molar-refractivity contribution is -0.144. The molecule has 1 aromatic heterocycles. The highest BCUT2D eigenvalue weighted by Crippen LogP contribution is 2.38. The van der Waals surface area contributed by atoms with E-state index in [0.29, 0.717) is 0 Å². The highest BCUT2D eigenvalue weighted by Gasteiger charge is 2.36. The zero-order valence-electron chi connectivity index (χ0n) is 18.5. The molecular weight excluding hydrogens is 513 g/mol. The number of sulfonamides is 1. The van der Waals surface area contributed by atoms with E-state index in [0.717, 1.165) is 0 Å². The number of morpholine rings is 1. The van der Waals surface area contributed by atoms with Crippen LogP contribution in [0.25, 0.3) is 10.9 Å². The molecule has 1 fully saturated rings. The molecule has 0 saturated carbocycles. The van der Waals surface area contributed by atoms with Crippen LogP contribution in [0, 0.1) is 0 Å². The van der Waals surface area contributed by atoms with Gasteiger partial charge in [-0.05, 0) is 24.3 Å². The van der Waals surface area contributed by atoms with Gasteiger partial charge in [0.05, 0.1) is 48.6 Å². The fourth-order valence-corrected chi connectivity index (χ4v) is 5.10. The normalized spacial score (nSPS) is 15.3. The summed E-state index contributed by atoms with van der Waals surface area (Å²) in [6.45, 7) is 0.883. The van der Waals surface area contributed by atoms with E-state index in [1.54, 1.807) is 0 Å². The fourth-order valence-electron chi connectivity index (χ4n) is 3.50. The predicted octanol–water partition coefficient (Wildman–Crippen LogP) is 4.08. The summed E-state index contributed by atoms with van der Waals surface area (Å²) in [6.07, 6.45) is -4.84. The second-order valence-corrected chi connectivity index (χ2v) is 9.75. The van der Waals surface area contributed by atoms with Crippen LogP contribution < -0.4 is 14.8 Å². The molecular formula is C21H20ClF3N4O5S. The summed E-state index contributed by atoms with van der Waals surface area (Å²) < 4.78 is 83.6. The average molecular weight is 533 g/mol. The summed E-state index contributed by atoms with van der Waals surface area (Å²) in [5.41, 5.74) is -0.0235. The van der Waals surface area contributed by atoms with E-state index in [2.05, 4.69) is 15.3 Å². The van der Waals surface area contributed by atoms with Crippen molar-refractivity contribution in [1.82, 2.24) is 14.3 Å². The van der Waals surface area contributed by atoms with Crippen molar-refractivity contribution in [2.45, 2.75) is 11.1 Å². The number of methoxy groups -OCH3 is 2. The number of benzene rings is 2. The molecule has 14 heteroatoms. The minimum Gasteiger partial charge on any atom is -0.493 e. The SMILES string of the molecule is COc1cc2nc(C(F)(F)F)nc(Nc3cc(S(=O)(=O)N4CCOCC4)ccc3Cl)c2cc1OC. The molecule has 1 N–H and O–H groups in total. The van der Waals surface area contributed by atoms with Crippen molar-refractivity contribution in [2.24, 2.45) is 0 Å². The number of alkyl halides is 3. The largest absolute Gasteiger partial charge is 0.493 e. The van der Waals surface area contributed by atoms with Crippen LogP contribution in [-0.2, 0) is 20.9 Å². The monoisotopic (exact) mass is 532 g/mol. The van der Waals surface area contributed by atoms with Gasteiger partial charge >= 0.3 is 6.18 Å². The highest BCUT2D eigenvalue weighted by molar-refractivity contribution is 7.89. The lowest BCUT2D eigenvalue weighted by Crippen LogP contribution is -2.40. The van der Waals surface area contributed by atoms with E-state index in [4.69, 9.17) is 25.8 Å². The molecule has 1 aliphatic rings. The number of nitrogens with one attached hydrogen (secondary N) is 1. The summed E-state index contributed by atoms with van der Waals surface area (Å²) in [5.74, 6) is -1.23. The molecule has 1 aliphatic heterocycles. The number of halogens is 4. The molecule has 4 rings (SSSR count). The van der Waals surface area contributed by atoms with Crippen molar-refractivity contribution < 1.29 is 35.8 Å². The van der Waals surface area contributed by atoms with Crippen LogP contribution in [0.1, 0.15) is 5.82 Å². The van der Waals surface area contributed by atoms with E-state index in [9.17, 15) is 21.6 Å². The van der Waals surface area contributed by atoms with Gasteiger partial charge in [-0.3, -0.25) is 0 Å². The second kappa shape index (κ2) is 9.64. The van der Waals surface area contributed by atoms with Crippen molar-refractivity contribution >= 4 is 44.0 Å². The fraction of sp³-hybridized carbons (Fsp3) is 0.333. The van der Waals surface area contributed by atoms with Crippen LogP contribution in [0.4, 0.5) is 24.7 Å². The third-order valence-electron chi connectivity index (χ3n) is 5.25. The van der Waals surface area contributed by atoms with Gasteiger partial charge in [0.15, 0.2) is 11.5 Å². The van der Waals surface area contributed by atoms with Crippen molar-refractivity contribution in [3.05, 3.63) is 41.2 Å². The first-order valence-electron chi connectivity index (χ1n) is 10.2. The molecule has 1 saturated heterocycles. The van der Waals surface area contributed by atoms with Gasteiger partial charge in [0.1, 0.15) is 5.82 Å². The third-order valence-corrected chi connectivity index (χ3v) is 7.48.